The summed E-state index contributed by atoms with van der Waals surface area (Å²) >= 11 is 0. The zero-order valence-corrected chi connectivity index (χ0v) is 13.7. The maximum atomic E-state index is 12.0. The minimum absolute atomic E-state index is 0.0833. The molecule has 2 rings (SSSR count). The fraction of sp³-hybridized carbons (Fsp3) is 0.333. The quantitative estimate of drug-likeness (QED) is 0.468. The number of benzene rings is 2. The lowest BCUT2D eigenvalue weighted by molar-refractivity contribution is -0.143. The first-order chi connectivity index (χ1) is 10.8. The van der Waals surface area contributed by atoms with E-state index in [0.29, 0.717) is 12.1 Å². The largest absolute Gasteiger partial charge is 0.416 e. The Balaban J connectivity index is 0.000000254. The third-order valence-electron chi connectivity index (χ3n) is 3.63. The van der Waals surface area contributed by atoms with Crippen LogP contribution in [0.4, 0.5) is 26.3 Å². The standard InChI is InChI=1S/C10H14.C8H4F6/c1-7-5-9(3)10(4)6-8(7)2;9-7(10,11)5-2-1-3-6(4-5)8(12,13)14/h5-6H,1-4H3;1-4H. The topological polar surface area (TPSA) is 0 Å². The van der Waals surface area contributed by atoms with E-state index >= 15 is 0 Å². The molecule has 0 aromatic heterocycles. The predicted octanol–water partition coefficient (Wildman–Crippen LogP) is 6.64. The molecule has 2 aromatic carbocycles. The van der Waals surface area contributed by atoms with E-state index in [4.69, 9.17) is 0 Å². The Morgan fingerprint density at radius 3 is 1.08 bits per heavy atom. The van der Waals surface area contributed by atoms with Crippen LogP contribution >= 0.6 is 0 Å². The van der Waals surface area contributed by atoms with Crippen molar-refractivity contribution in [1.29, 1.82) is 0 Å². The predicted molar refractivity (Wildman–Crippen MR) is 81.8 cm³/mol. The van der Waals surface area contributed by atoms with Crippen molar-refractivity contribution in [2.24, 2.45) is 0 Å². The zero-order chi connectivity index (χ0) is 18.7. The van der Waals surface area contributed by atoms with Crippen molar-refractivity contribution in [1.82, 2.24) is 0 Å². The Morgan fingerprint density at radius 1 is 0.542 bits per heavy atom. The van der Waals surface area contributed by atoms with Gasteiger partial charge in [-0.25, -0.2) is 0 Å². The van der Waals surface area contributed by atoms with Crippen molar-refractivity contribution < 1.29 is 26.3 Å². The number of hydrogen-bond acceptors (Lipinski definition) is 0. The molecular weight excluding hydrogens is 330 g/mol. The summed E-state index contributed by atoms with van der Waals surface area (Å²) < 4.78 is 71.9. The smallest absolute Gasteiger partial charge is 0.166 e. The van der Waals surface area contributed by atoms with Crippen molar-refractivity contribution in [2.75, 3.05) is 0 Å². The van der Waals surface area contributed by atoms with Gasteiger partial charge in [-0.2, -0.15) is 26.3 Å². The second-order valence-corrected chi connectivity index (χ2v) is 5.60. The molecular formula is C18H18F6. The summed E-state index contributed by atoms with van der Waals surface area (Å²) in [6.07, 6.45) is -9.50. The maximum absolute atomic E-state index is 12.0. The molecule has 0 spiro atoms. The fourth-order valence-electron chi connectivity index (χ4n) is 1.98. The van der Waals surface area contributed by atoms with Crippen LogP contribution in [0.2, 0.25) is 0 Å². The fourth-order valence-corrected chi connectivity index (χ4v) is 1.98. The summed E-state index contributed by atoms with van der Waals surface area (Å²) in [6.45, 7) is 8.62. The zero-order valence-electron chi connectivity index (χ0n) is 13.7. The molecule has 0 N–H and O–H groups in total. The molecule has 0 heterocycles. The molecule has 0 saturated carbocycles. The van der Waals surface area contributed by atoms with Gasteiger partial charge >= 0.3 is 12.4 Å². The van der Waals surface area contributed by atoms with Crippen LogP contribution in [0.5, 0.6) is 0 Å². The monoisotopic (exact) mass is 348 g/mol. The highest BCUT2D eigenvalue weighted by Gasteiger charge is 2.35. The van der Waals surface area contributed by atoms with Gasteiger partial charge in [-0.15, -0.1) is 0 Å². The van der Waals surface area contributed by atoms with Crippen molar-refractivity contribution in [3.63, 3.8) is 0 Å². The molecule has 0 radical (unpaired) electrons. The normalized spacial score (nSPS) is 11.8. The van der Waals surface area contributed by atoms with Crippen LogP contribution in [0, 0.1) is 27.7 Å². The summed E-state index contributed by atoms with van der Waals surface area (Å²) in [5.41, 5.74) is 2.97. The molecule has 0 nitrogen and oxygen atoms in total. The van der Waals surface area contributed by atoms with Gasteiger partial charge < -0.3 is 0 Å². The van der Waals surface area contributed by atoms with Gasteiger partial charge in [0.05, 0.1) is 11.1 Å². The van der Waals surface area contributed by atoms with Crippen molar-refractivity contribution >= 4 is 0 Å². The van der Waals surface area contributed by atoms with Crippen molar-refractivity contribution in [3.05, 3.63) is 69.8 Å². The summed E-state index contributed by atoms with van der Waals surface area (Å²) in [5, 5.41) is 0. The van der Waals surface area contributed by atoms with Gasteiger partial charge in [0, 0.05) is 0 Å². The average molecular weight is 348 g/mol. The SMILES string of the molecule is Cc1cc(C)c(C)cc1C.FC(F)(F)c1cccc(C(F)(F)F)c1. The van der Waals surface area contributed by atoms with E-state index in [2.05, 4.69) is 39.8 Å². The lowest BCUT2D eigenvalue weighted by atomic mass is 10.0. The van der Waals surface area contributed by atoms with Crippen LogP contribution in [-0.4, -0.2) is 0 Å². The second kappa shape index (κ2) is 7.28. The molecule has 0 aliphatic heterocycles. The van der Waals surface area contributed by atoms with Crippen molar-refractivity contribution in [3.8, 4) is 0 Å². The first-order valence-corrected chi connectivity index (χ1v) is 7.11. The molecule has 0 fully saturated rings. The van der Waals surface area contributed by atoms with E-state index in [-0.39, 0.29) is 6.07 Å². The molecule has 0 aliphatic rings. The number of alkyl halides is 6. The second-order valence-electron chi connectivity index (χ2n) is 5.60. The van der Waals surface area contributed by atoms with Crippen LogP contribution in [0.15, 0.2) is 36.4 Å². The van der Waals surface area contributed by atoms with E-state index in [1.165, 1.54) is 22.3 Å². The Hall–Kier alpha value is -1.98. The molecule has 0 unspecified atom stereocenters. The van der Waals surface area contributed by atoms with Gasteiger partial charge in [-0.3, -0.25) is 0 Å². The number of aryl methyl sites for hydroxylation is 4. The van der Waals surface area contributed by atoms with E-state index in [1.807, 2.05) is 0 Å². The number of halogens is 6. The highest BCUT2D eigenvalue weighted by atomic mass is 19.4. The number of rotatable bonds is 0. The van der Waals surface area contributed by atoms with E-state index < -0.39 is 23.5 Å². The van der Waals surface area contributed by atoms with Crippen LogP contribution in [0.3, 0.4) is 0 Å². The Labute approximate surface area is 137 Å². The van der Waals surface area contributed by atoms with Gasteiger partial charge in [0.1, 0.15) is 0 Å². The Kier molecular flexibility index (Phi) is 6.09. The minimum atomic E-state index is -4.75. The summed E-state index contributed by atoms with van der Waals surface area (Å²) in [6, 6.07) is 6.48. The number of hydrogen-bond donors (Lipinski definition) is 0. The molecule has 0 amide bonds. The molecule has 0 atom stereocenters. The summed E-state index contributed by atoms with van der Waals surface area (Å²) in [5.74, 6) is 0. The first-order valence-electron chi connectivity index (χ1n) is 7.11. The highest BCUT2D eigenvalue weighted by molar-refractivity contribution is 5.35. The van der Waals surface area contributed by atoms with E-state index in [1.54, 1.807) is 0 Å². The minimum Gasteiger partial charge on any atom is -0.166 e. The maximum Gasteiger partial charge on any atom is 0.416 e. The van der Waals surface area contributed by atoms with Gasteiger partial charge in [0.25, 0.3) is 0 Å². The van der Waals surface area contributed by atoms with Gasteiger partial charge in [-0.05, 0) is 68.1 Å². The third-order valence-corrected chi connectivity index (χ3v) is 3.63. The lowest BCUT2D eigenvalue weighted by Gasteiger charge is -2.10. The highest BCUT2D eigenvalue weighted by Crippen LogP contribution is 2.34. The van der Waals surface area contributed by atoms with Gasteiger partial charge in [0.2, 0.25) is 0 Å². The van der Waals surface area contributed by atoms with E-state index in [9.17, 15) is 26.3 Å². The molecule has 0 aliphatic carbocycles. The lowest BCUT2D eigenvalue weighted by Crippen LogP contribution is -2.09. The third kappa shape index (κ3) is 5.58. The Morgan fingerprint density at radius 2 is 0.833 bits per heavy atom. The van der Waals surface area contributed by atoms with E-state index in [0.717, 1.165) is 6.07 Å². The van der Waals surface area contributed by atoms with Crippen LogP contribution in [-0.2, 0) is 12.4 Å². The molecule has 24 heavy (non-hydrogen) atoms. The summed E-state index contributed by atoms with van der Waals surface area (Å²) in [7, 11) is 0. The Bertz CT molecular complexity index is 616. The van der Waals surface area contributed by atoms with Gasteiger partial charge in [0.15, 0.2) is 0 Å². The molecule has 2 aromatic rings. The molecule has 0 saturated heterocycles. The molecule has 0 bridgehead atoms. The molecule has 132 valence electrons. The van der Waals surface area contributed by atoms with Crippen LogP contribution < -0.4 is 0 Å². The van der Waals surface area contributed by atoms with Gasteiger partial charge in [-0.1, -0.05) is 18.2 Å². The van der Waals surface area contributed by atoms with Crippen LogP contribution in [0.1, 0.15) is 33.4 Å². The summed E-state index contributed by atoms with van der Waals surface area (Å²) in [4.78, 5) is 0. The first kappa shape index (κ1) is 20.1. The molecule has 6 heteroatoms. The average Bonchev–Trinajstić information content (AvgIpc) is 2.44. The van der Waals surface area contributed by atoms with Crippen LogP contribution in [0.25, 0.3) is 0 Å². The van der Waals surface area contributed by atoms with Crippen molar-refractivity contribution in [2.45, 2.75) is 40.0 Å².